The number of hydrogen-bond acceptors (Lipinski definition) is 3. The first-order valence-electron chi connectivity index (χ1n) is 7.95. The van der Waals surface area contributed by atoms with Crippen molar-refractivity contribution in [3.63, 3.8) is 0 Å². The van der Waals surface area contributed by atoms with Crippen LogP contribution in [0.4, 0.5) is 18.9 Å². The van der Waals surface area contributed by atoms with Crippen molar-refractivity contribution in [3.8, 4) is 5.75 Å². The molecule has 136 valence electrons. The Morgan fingerprint density at radius 3 is 2.50 bits per heavy atom. The molecule has 0 aliphatic rings. The Hall–Kier alpha value is -3.03. The minimum Gasteiger partial charge on any atom is -0.406 e. The van der Waals surface area contributed by atoms with Gasteiger partial charge in [-0.1, -0.05) is 19.1 Å². The van der Waals surface area contributed by atoms with E-state index in [1.807, 2.05) is 35.8 Å². The van der Waals surface area contributed by atoms with Gasteiger partial charge in [0.1, 0.15) is 18.1 Å². The van der Waals surface area contributed by atoms with Crippen molar-refractivity contribution in [3.05, 3.63) is 54.4 Å². The van der Waals surface area contributed by atoms with Crippen molar-refractivity contribution in [1.82, 2.24) is 9.55 Å². The van der Waals surface area contributed by atoms with Crippen LogP contribution in [0.3, 0.4) is 0 Å². The highest BCUT2D eigenvalue weighted by Gasteiger charge is 2.30. The quantitative estimate of drug-likeness (QED) is 0.741. The van der Waals surface area contributed by atoms with Gasteiger partial charge in [-0.15, -0.1) is 13.2 Å². The summed E-state index contributed by atoms with van der Waals surface area (Å²) in [5.74, 6) is 0.145. The highest BCUT2D eigenvalue weighted by atomic mass is 19.4. The molecule has 2 aromatic carbocycles. The lowest BCUT2D eigenvalue weighted by molar-refractivity contribution is -0.274. The lowest BCUT2D eigenvalue weighted by Gasteiger charge is -2.11. The molecule has 0 atom stereocenters. The van der Waals surface area contributed by atoms with E-state index in [1.165, 1.54) is 12.1 Å². The molecule has 1 amide bonds. The highest BCUT2D eigenvalue weighted by Crippen LogP contribution is 2.24. The van der Waals surface area contributed by atoms with Crippen LogP contribution in [-0.2, 0) is 17.8 Å². The van der Waals surface area contributed by atoms with Crippen LogP contribution >= 0.6 is 0 Å². The van der Waals surface area contributed by atoms with Gasteiger partial charge in [-0.2, -0.15) is 0 Å². The van der Waals surface area contributed by atoms with Crippen LogP contribution in [0.2, 0.25) is 0 Å². The third-order valence-electron chi connectivity index (χ3n) is 3.72. The van der Waals surface area contributed by atoms with Crippen LogP contribution in [0.1, 0.15) is 12.7 Å². The predicted octanol–water partition coefficient (Wildman–Crippen LogP) is 4.14. The van der Waals surface area contributed by atoms with Crippen LogP contribution in [0.5, 0.6) is 5.75 Å². The van der Waals surface area contributed by atoms with E-state index < -0.39 is 6.36 Å². The van der Waals surface area contributed by atoms with E-state index in [0.717, 1.165) is 29.0 Å². The van der Waals surface area contributed by atoms with Crippen LogP contribution in [0, 0.1) is 0 Å². The summed E-state index contributed by atoms with van der Waals surface area (Å²) >= 11 is 0. The van der Waals surface area contributed by atoms with Crippen molar-refractivity contribution < 1.29 is 22.7 Å². The van der Waals surface area contributed by atoms with E-state index in [0.29, 0.717) is 12.1 Å². The van der Waals surface area contributed by atoms with E-state index in [1.54, 1.807) is 0 Å². The van der Waals surface area contributed by atoms with Gasteiger partial charge in [-0.3, -0.25) is 4.79 Å². The molecule has 0 unspecified atom stereocenters. The Bertz CT molecular complexity index is 918. The molecule has 8 heteroatoms. The molecule has 0 radical (unpaired) electrons. The van der Waals surface area contributed by atoms with Crippen LogP contribution in [0.25, 0.3) is 11.0 Å². The Morgan fingerprint density at radius 2 is 1.85 bits per heavy atom. The fourth-order valence-electron chi connectivity index (χ4n) is 2.66. The number of carbonyl (C=O) groups excluding carboxylic acids is 1. The van der Waals surface area contributed by atoms with Gasteiger partial charge in [0.25, 0.3) is 0 Å². The molecule has 3 rings (SSSR count). The smallest absolute Gasteiger partial charge is 0.406 e. The van der Waals surface area contributed by atoms with Gasteiger partial charge in [0.15, 0.2) is 0 Å². The molecule has 1 aromatic heterocycles. The average molecular weight is 363 g/mol. The number of hydrogen-bond donors (Lipinski definition) is 1. The maximum absolute atomic E-state index is 12.3. The second-order valence-electron chi connectivity index (χ2n) is 5.58. The van der Waals surface area contributed by atoms with Crippen molar-refractivity contribution in [2.75, 3.05) is 5.32 Å². The van der Waals surface area contributed by atoms with E-state index >= 15 is 0 Å². The van der Waals surface area contributed by atoms with Crippen molar-refractivity contribution in [1.29, 1.82) is 0 Å². The minimum atomic E-state index is -4.75. The molecular weight excluding hydrogens is 347 g/mol. The van der Waals surface area contributed by atoms with E-state index in [-0.39, 0.29) is 18.2 Å². The Labute approximate surface area is 147 Å². The highest BCUT2D eigenvalue weighted by molar-refractivity contribution is 5.91. The molecule has 3 aromatic rings. The number of fused-ring (bicyclic) bond motifs is 1. The largest absolute Gasteiger partial charge is 0.573 e. The fraction of sp³-hybridized carbons (Fsp3) is 0.222. The van der Waals surface area contributed by atoms with Gasteiger partial charge in [-0.05, 0) is 36.4 Å². The van der Waals surface area contributed by atoms with E-state index in [9.17, 15) is 18.0 Å². The van der Waals surface area contributed by atoms with Gasteiger partial charge in [0, 0.05) is 12.1 Å². The molecule has 0 bridgehead atoms. The number of carbonyl (C=O) groups is 1. The molecule has 0 fully saturated rings. The van der Waals surface area contributed by atoms with Gasteiger partial charge < -0.3 is 14.6 Å². The number of nitrogens with one attached hydrogen (secondary N) is 1. The van der Waals surface area contributed by atoms with Crippen molar-refractivity contribution >= 4 is 22.6 Å². The van der Waals surface area contributed by atoms with Crippen molar-refractivity contribution in [2.24, 2.45) is 0 Å². The molecule has 0 saturated heterocycles. The van der Waals surface area contributed by atoms with Gasteiger partial charge in [-0.25, -0.2) is 4.98 Å². The Kier molecular flexibility index (Phi) is 4.83. The summed E-state index contributed by atoms with van der Waals surface area (Å²) in [4.78, 5) is 16.8. The molecule has 1 heterocycles. The van der Waals surface area contributed by atoms with Crippen LogP contribution < -0.4 is 10.1 Å². The molecule has 0 aliphatic heterocycles. The lowest BCUT2D eigenvalue weighted by atomic mass is 10.3. The number of para-hydroxylation sites is 2. The second-order valence-corrected chi connectivity index (χ2v) is 5.58. The number of halogens is 3. The minimum absolute atomic E-state index is 0.0600. The number of aryl methyl sites for hydroxylation is 1. The summed E-state index contributed by atoms with van der Waals surface area (Å²) in [7, 11) is 0. The number of benzene rings is 2. The second kappa shape index (κ2) is 7.07. The number of ether oxygens (including phenoxy) is 1. The topological polar surface area (TPSA) is 56.2 Å². The summed E-state index contributed by atoms with van der Waals surface area (Å²) in [6.07, 6.45) is -4.07. The van der Waals surface area contributed by atoms with Gasteiger partial charge in [0.05, 0.1) is 11.0 Å². The standard InChI is InChI=1S/C18H16F3N3O2/c1-2-16-23-14-5-3-4-6-15(14)24(16)11-17(25)22-12-7-9-13(10-8-12)26-18(19,20)21/h3-10H,2,11H2,1H3,(H,22,25). The maximum atomic E-state index is 12.3. The third-order valence-corrected chi connectivity index (χ3v) is 3.72. The molecule has 0 saturated carbocycles. The SMILES string of the molecule is CCc1nc2ccccc2n1CC(=O)Nc1ccc(OC(F)(F)F)cc1. The molecule has 0 spiro atoms. The molecule has 0 aliphatic carbocycles. The number of aromatic nitrogens is 2. The van der Waals surface area contributed by atoms with E-state index in [4.69, 9.17) is 0 Å². The monoisotopic (exact) mass is 363 g/mol. The number of imidazole rings is 1. The summed E-state index contributed by atoms with van der Waals surface area (Å²) < 4.78 is 42.1. The zero-order valence-corrected chi connectivity index (χ0v) is 13.9. The fourth-order valence-corrected chi connectivity index (χ4v) is 2.66. The lowest BCUT2D eigenvalue weighted by Crippen LogP contribution is -2.20. The summed E-state index contributed by atoms with van der Waals surface area (Å²) in [5, 5.41) is 2.66. The third kappa shape index (κ3) is 4.14. The van der Waals surface area contributed by atoms with E-state index in [2.05, 4.69) is 15.0 Å². The zero-order chi connectivity index (χ0) is 18.7. The van der Waals surface area contributed by atoms with Crippen LogP contribution in [-0.4, -0.2) is 21.8 Å². The number of anilines is 1. The Balaban J connectivity index is 1.71. The van der Waals surface area contributed by atoms with Crippen molar-refractivity contribution in [2.45, 2.75) is 26.3 Å². The molecule has 1 N–H and O–H groups in total. The predicted molar refractivity (Wildman–Crippen MR) is 90.9 cm³/mol. The van der Waals surface area contributed by atoms with Gasteiger partial charge in [0.2, 0.25) is 5.91 Å². The number of amides is 1. The number of alkyl halides is 3. The zero-order valence-electron chi connectivity index (χ0n) is 13.9. The summed E-state index contributed by atoms with van der Waals surface area (Å²) in [6.45, 7) is 2.01. The molecule has 5 nitrogen and oxygen atoms in total. The first-order valence-corrected chi connectivity index (χ1v) is 7.95. The normalized spacial score (nSPS) is 11.5. The number of rotatable bonds is 5. The summed E-state index contributed by atoms with van der Waals surface area (Å²) in [5.41, 5.74) is 2.05. The first kappa shape index (κ1) is 17.8. The Morgan fingerprint density at radius 1 is 1.15 bits per heavy atom. The summed E-state index contributed by atoms with van der Waals surface area (Å²) in [6, 6.07) is 12.5. The van der Waals surface area contributed by atoms with Gasteiger partial charge >= 0.3 is 6.36 Å². The maximum Gasteiger partial charge on any atom is 0.573 e. The average Bonchev–Trinajstić information content (AvgIpc) is 2.93. The van der Waals surface area contributed by atoms with Crippen LogP contribution in [0.15, 0.2) is 48.5 Å². The number of nitrogens with zero attached hydrogens (tertiary/aromatic N) is 2. The molecular formula is C18H16F3N3O2. The molecule has 26 heavy (non-hydrogen) atoms. The first-order chi connectivity index (χ1) is 12.4.